The second-order valence-corrected chi connectivity index (χ2v) is 5.60. The van der Waals surface area contributed by atoms with E-state index in [1.807, 2.05) is 12.1 Å². The molecule has 0 radical (unpaired) electrons. The minimum absolute atomic E-state index is 0.229. The van der Waals surface area contributed by atoms with Gasteiger partial charge in [0.25, 0.3) is 5.89 Å². The van der Waals surface area contributed by atoms with Gasteiger partial charge in [0.15, 0.2) is 0 Å². The Kier molecular flexibility index (Phi) is 4.69. The zero-order chi connectivity index (χ0) is 17.1. The Morgan fingerprint density at radius 1 is 1.17 bits per heavy atom. The zero-order valence-corrected chi connectivity index (χ0v) is 14.0. The van der Waals surface area contributed by atoms with Crippen LogP contribution in [0.3, 0.4) is 0 Å². The van der Waals surface area contributed by atoms with Gasteiger partial charge in [-0.1, -0.05) is 28.4 Å². The minimum Gasteiger partial charge on any atom is -0.497 e. The van der Waals surface area contributed by atoms with Gasteiger partial charge in [-0.05, 0) is 42.5 Å². The lowest BCUT2D eigenvalue weighted by molar-refractivity contribution is 0.414. The molecule has 6 nitrogen and oxygen atoms in total. The highest BCUT2D eigenvalue weighted by atomic mass is 35.5. The molecule has 0 fully saturated rings. The number of hydrogen-bond acceptors (Lipinski definition) is 6. The Bertz CT molecular complexity index is 891. The molecule has 0 saturated heterocycles. The van der Waals surface area contributed by atoms with E-state index in [0.717, 1.165) is 11.3 Å². The molecular weight excluding hydrogens is 351 g/mol. The first kappa shape index (κ1) is 16.3. The van der Waals surface area contributed by atoms with Crippen LogP contribution in [0.4, 0.5) is 0 Å². The maximum absolute atomic E-state index is 6.19. The number of nitrogens with zero attached hydrogens (tertiary/aromatic N) is 3. The summed E-state index contributed by atoms with van der Waals surface area (Å²) in [4.78, 5) is 4.33. The van der Waals surface area contributed by atoms with Gasteiger partial charge in [-0.3, -0.25) is 0 Å². The molecule has 0 aliphatic rings. The van der Waals surface area contributed by atoms with E-state index in [1.165, 1.54) is 0 Å². The molecule has 8 heteroatoms. The van der Waals surface area contributed by atoms with Gasteiger partial charge in [0, 0.05) is 16.1 Å². The lowest BCUT2D eigenvalue weighted by Crippen LogP contribution is -2.09. The molecule has 0 saturated carbocycles. The summed E-state index contributed by atoms with van der Waals surface area (Å²) in [5, 5.41) is 8.56. The smallest absolute Gasteiger partial charge is 0.258 e. The Hall–Kier alpha value is -2.57. The fourth-order valence-electron chi connectivity index (χ4n) is 2.10. The van der Waals surface area contributed by atoms with Crippen molar-refractivity contribution in [2.75, 3.05) is 7.11 Å². The fraction of sp³-hybridized carbons (Fsp3) is 0.0625. The third-order valence-corrected chi connectivity index (χ3v) is 3.84. The van der Waals surface area contributed by atoms with E-state index in [-0.39, 0.29) is 5.82 Å². The van der Waals surface area contributed by atoms with Crippen molar-refractivity contribution >= 4 is 28.9 Å². The molecule has 3 aromatic rings. The zero-order valence-electron chi connectivity index (χ0n) is 12.5. The lowest BCUT2D eigenvalue weighted by Gasteiger charge is -2.03. The Morgan fingerprint density at radius 2 is 1.92 bits per heavy atom. The van der Waals surface area contributed by atoms with Crippen molar-refractivity contribution in [3.8, 4) is 17.2 Å². The SMILES string of the molecule is COc1ccc(-c2nc(C(=NN)c3ccc(Cl)cc3Cl)no2)cc1. The maximum atomic E-state index is 6.19. The molecule has 0 atom stereocenters. The lowest BCUT2D eigenvalue weighted by atomic mass is 10.1. The van der Waals surface area contributed by atoms with E-state index in [4.69, 9.17) is 38.3 Å². The monoisotopic (exact) mass is 362 g/mol. The van der Waals surface area contributed by atoms with Gasteiger partial charge in [0.05, 0.1) is 12.1 Å². The van der Waals surface area contributed by atoms with Crippen LogP contribution in [0.25, 0.3) is 11.5 Å². The van der Waals surface area contributed by atoms with Crippen molar-refractivity contribution in [3.63, 3.8) is 0 Å². The molecule has 0 aliphatic heterocycles. The number of hydrogen-bond donors (Lipinski definition) is 1. The predicted molar refractivity (Wildman–Crippen MR) is 92.6 cm³/mol. The second kappa shape index (κ2) is 6.90. The van der Waals surface area contributed by atoms with Crippen molar-refractivity contribution in [3.05, 3.63) is 63.9 Å². The average Bonchev–Trinajstić information content (AvgIpc) is 3.07. The average molecular weight is 363 g/mol. The second-order valence-electron chi connectivity index (χ2n) is 4.75. The van der Waals surface area contributed by atoms with Gasteiger partial charge in [0.2, 0.25) is 5.82 Å². The number of methoxy groups -OCH3 is 1. The third-order valence-electron chi connectivity index (χ3n) is 3.29. The summed E-state index contributed by atoms with van der Waals surface area (Å²) in [6.45, 7) is 0. The van der Waals surface area contributed by atoms with E-state index >= 15 is 0 Å². The first-order chi connectivity index (χ1) is 11.6. The molecule has 0 bridgehead atoms. The summed E-state index contributed by atoms with van der Waals surface area (Å²) in [5.41, 5.74) is 1.61. The van der Waals surface area contributed by atoms with Crippen molar-refractivity contribution in [1.82, 2.24) is 10.1 Å². The Labute approximate surface area is 147 Å². The van der Waals surface area contributed by atoms with Crippen molar-refractivity contribution < 1.29 is 9.26 Å². The highest BCUT2D eigenvalue weighted by Gasteiger charge is 2.18. The van der Waals surface area contributed by atoms with Crippen LogP contribution >= 0.6 is 23.2 Å². The highest BCUT2D eigenvalue weighted by molar-refractivity contribution is 6.37. The summed E-state index contributed by atoms with van der Waals surface area (Å²) in [5.74, 6) is 6.78. The Morgan fingerprint density at radius 3 is 2.54 bits per heavy atom. The van der Waals surface area contributed by atoms with Crippen LogP contribution in [0.15, 0.2) is 52.1 Å². The number of halogens is 2. The Balaban J connectivity index is 1.95. The quantitative estimate of drug-likeness (QED) is 0.433. The van der Waals surface area contributed by atoms with Crippen LogP contribution < -0.4 is 10.6 Å². The number of aromatic nitrogens is 2. The van der Waals surface area contributed by atoms with E-state index in [9.17, 15) is 0 Å². The fourth-order valence-corrected chi connectivity index (χ4v) is 2.60. The van der Waals surface area contributed by atoms with Crippen molar-refractivity contribution in [2.24, 2.45) is 10.9 Å². The number of nitrogens with two attached hydrogens (primary N) is 1. The van der Waals surface area contributed by atoms with Gasteiger partial charge in [-0.25, -0.2) is 0 Å². The topological polar surface area (TPSA) is 86.5 Å². The van der Waals surface area contributed by atoms with Crippen LogP contribution in [0.2, 0.25) is 10.0 Å². The molecule has 0 unspecified atom stereocenters. The molecule has 3 rings (SSSR count). The molecule has 2 N–H and O–H groups in total. The van der Waals surface area contributed by atoms with Crippen molar-refractivity contribution in [2.45, 2.75) is 0 Å². The molecule has 24 heavy (non-hydrogen) atoms. The van der Waals surface area contributed by atoms with Gasteiger partial charge in [0.1, 0.15) is 11.5 Å². The molecule has 122 valence electrons. The molecule has 1 heterocycles. The van der Waals surface area contributed by atoms with E-state index in [1.54, 1.807) is 37.4 Å². The van der Waals surface area contributed by atoms with Crippen molar-refractivity contribution in [1.29, 1.82) is 0 Å². The molecule has 0 spiro atoms. The molecule has 2 aromatic carbocycles. The number of benzene rings is 2. The summed E-state index contributed by atoms with van der Waals surface area (Å²) < 4.78 is 10.4. The van der Waals surface area contributed by atoms with E-state index in [0.29, 0.717) is 27.2 Å². The first-order valence-electron chi connectivity index (χ1n) is 6.84. The largest absolute Gasteiger partial charge is 0.497 e. The normalized spacial score (nSPS) is 11.5. The third kappa shape index (κ3) is 3.20. The summed E-state index contributed by atoms with van der Waals surface area (Å²) in [7, 11) is 1.60. The first-order valence-corrected chi connectivity index (χ1v) is 7.59. The van der Waals surface area contributed by atoms with E-state index < -0.39 is 0 Å². The number of hydrazone groups is 1. The maximum Gasteiger partial charge on any atom is 0.258 e. The molecular formula is C16H12Cl2N4O2. The van der Waals surface area contributed by atoms with Crippen LogP contribution in [0.5, 0.6) is 5.75 Å². The van der Waals surface area contributed by atoms with E-state index in [2.05, 4.69) is 15.2 Å². The summed E-state index contributed by atoms with van der Waals surface area (Å²) in [6.07, 6.45) is 0. The number of ether oxygens (including phenoxy) is 1. The van der Waals surface area contributed by atoms with Crippen LogP contribution in [-0.2, 0) is 0 Å². The summed E-state index contributed by atoms with van der Waals surface area (Å²) >= 11 is 12.1. The van der Waals surface area contributed by atoms with Crippen LogP contribution in [0.1, 0.15) is 11.4 Å². The van der Waals surface area contributed by atoms with Crippen LogP contribution in [-0.4, -0.2) is 23.0 Å². The highest BCUT2D eigenvalue weighted by Crippen LogP contribution is 2.25. The van der Waals surface area contributed by atoms with Crippen LogP contribution in [0, 0.1) is 0 Å². The molecule has 1 aromatic heterocycles. The standard InChI is InChI=1S/C16H12Cl2N4O2/c1-23-11-5-2-9(3-6-11)16-20-15(22-24-16)14(21-19)12-7-4-10(17)8-13(12)18/h2-8H,19H2,1H3. The molecule has 0 amide bonds. The predicted octanol–water partition coefficient (Wildman–Crippen LogP) is 3.76. The summed E-state index contributed by atoms with van der Waals surface area (Å²) in [6, 6.07) is 12.2. The van der Waals surface area contributed by atoms with Gasteiger partial charge in [-0.2, -0.15) is 10.1 Å². The van der Waals surface area contributed by atoms with Gasteiger partial charge < -0.3 is 15.1 Å². The van der Waals surface area contributed by atoms with Gasteiger partial charge >= 0.3 is 0 Å². The minimum atomic E-state index is 0.229. The van der Waals surface area contributed by atoms with Gasteiger partial charge in [-0.15, -0.1) is 0 Å². The molecule has 0 aliphatic carbocycles. The number of rotatable bonds is 4.